The van der Waals surface area contributed by atoms with Crippen LogP contribution in [0.2, 0.25) is 0 Å². The van der Waals surface area contributed by atoms with Gasteiger partial charge in [0.2, 0.25) is 0 Å². The molecule has 19 heavy (non-hydrogen) atoms. The van der Waals surface area contributed by atoms with Crippen molar-refractivity contribution in [2.24, 2.45) is 5.41 Å². The van der Waals surface area contributed by atoms with E-state index in [9.17, 15) is 0 Å². The van der Waals surface area contributed by atoms with Crippen molar-refractivity contribution in [3.05, 3.63) is 0 Å². The molecule has 3 nitrogen and oxygen atoms in total. The van der Waals surface area contributed by atoms with Gasteiger partial charge >= 0.3 is 0 Å². The van der Waals surface area contributed by atoms with Gasteiger partial charge in [-0.15, -0.1) is 0 Å². The zero-order valence-electron chi connectivity index (χ0n) is 14.1. The van der Waals surface area contributed by atoms with Crippen molar-refractivity contribution >= 4 is 0 Å². The van der Waals surface area contributed by atoms with Crippen LogP contribution in [0.25, 0.3) is 0 Å². The molecular formula is C16H35N3. The number of hydrogen-bond acceptors (Lipinski definition) is 3. The molecule has 0 aromatic carbocycles. The van der Waals surface area contributed by atoms with Crippen molar-refractivity contribution in [3.8, 4) is 0 Å². The molecule has 0 atom stereocenters. The van der Waals surface area contributed by atoms with Crippen molar-refractivity contribution in [3.63, 3.8) is 0 Å². The zero-order valence-corrected chi connectivity index (χ0v) is 14.1. The molecule has 0 aromatic heterocycles. The number of piperazine rings is 1. The van der Waals surface area contributed by atoms with Gasteiger partial charge in [-0.25, -0.2) is 0 Å². The summed E-state index contributed by atoms with van der Waals surface area (Å²) in [5, 5.41) is 3.73. The lowest BCUT2D eigenvalue weighted by molar-refractivity contribution is 0.0842. The van der Waals surface area contributed by atoms with Gasteiger partial charge < -0.3 is 15.1 Å². The Morgan fingerprint density at radius 3 is 1.89 bits per heavy atom. The molecule has 1 rings (SSSR count). The monoisotopic (exact) mass is 269 g/mol. The average molecular weight is 269 g/mol. The smallest absolute Gasteiger partial charge is 0.0110 e. The van der Waals surface area contributed by atoms with Gasteiger partial charge in [-0.05, 0) is 46.1 Å². The van der Waals surface area contributed by atoms with E-state index < -0.39 is 0 Å². The second kappa shape index (κ2) is 7.05. The van der Waals surface area contributed by atoms with Crippen LogP contribution >= 0.6 is 0 Å². The first-order valence-corrected chi connectivity index (χ1v) is 7.96. The first-order valence-electron chi connectivity index (χ1n) is 7.96. The topological polar surface area (TPSA) is 18.5 Å². The third-order valence-corrected chi connectivity index (χ3v) is 4.65. The molecule has 3 heteroatoms. The summed E-state index contributed by atoms with van der Waals surface area (Å²) in [5.41, 5.74) is 0.654. The van der Waals surface area contributed by atoms with E-state index >= 15 is 0 Å². The summed E-state index contributed by atoms with van der Waals surface area (Å²) in [6.07, 6.45) is 2.53. The van der Waals surface area contributed by atoms with Crippen LogP contribution in [0, 0.1) is 5.41 Å². The lowest BCUT2D eigenvalue weighted by atomic mass is 9.80. The minimum Gasteiger partial charge on any atom is -0.311 e. The molecule has 0 amide bonds. The van der Waals surface area contributed by atoms with Gasteiger partial charge in [0.1, 0.15) is 0 Å². The lowest BCUT2D eigenvalue weighted by Crippen LogP contribution is -2.52. The Morgan fingerprint density at radius 2 is 1.47 bits per heavy atom. The Balaban J connectivity index is 2.55. The molecule has 1 saturated heterocycles. The SMILES string of the molecule is CCC(CC)(CNC(C)(C)C)CN1CCN(C)CC1. The molecule has 0 saturated carbocycles. The van der Waals surface area contributed by atoms with Gasteiger partial charge in [-0.1, -0.05) is 13.8 Å². The molecular weight excluding hydrogens is 234 g/mol. The molecule has 1 N–H and O–H groups in total. The molecule has 0 aromatic rings. The standard InChI is InChI=1S/C16H35N3/c1-7-16(8-2,13-17-15(3,4)5)14-19-11-9-18(6)10-12-19/h17H,7-14H2,1-6H3. The normalized spacial score (nSPS) is 19.9. The Hall–Kier alpha value is -0.120. The molecule has 1 aliphatic rings. The molecule has 1 heterocycles. The van der Waals surface area contributed by atoms with Crippen LogP contribution in [-0.2, 0) is 0 Å². The number of rotatable bonds is 6. The summed E-state index contributed by atoms with van der Waals surface area (Å²) in [7, 11) is 2.23. The van der Waals surface area contributed by atoms with Gasteiger partial charge in [0, 0.05) is 44.8 Å². The highest BCUT2D eigenvalue weighted by molar-refractivity contribution is 4.87. The molecule has 1 aliphatic heterocycles. The number of nitrogens with one attached hydrogen (secondary N) is 1. The third-order valence-electron chi connectivity index (χ3n) is 4.65. The van der Waals surface area contributed by atoms with Crippen LogP contribution in [0.4, 0.5) is 0 Å². The first kappa shape index (κ1) is 16.9. The number of hydrogen-bond donors (Lipinski definition) is 1. The van der Waals surface area contributed by atoms with E-state index in [0.717, 1.165) is 6.54 Å². The van der Waals surface area contributed by atoms with Crippen molar-refractivity contribution in [1.82, 2.24) is 15.1 Å². The summed E-state index contributed by atoms with van der Waals surface area (Å²) in [4.78, 5) is 5.10. The Kier molecular flexibility index (Phi) is 6.28. The molecule has 0 spiro atoms. The first-order chi connectivity index (χ1) is 8.80. The fraction of sp³-hybridized carbons (Fsp3) is 1.00. The summed E-state index contributed by atoms with van der Waals surface area (Å²) >= 11 is 0. The van der Waals surface area contributed by atoms with E-state index in [2.05, 4.69) is 56.8 Å². The minimum atomic E-state index is 0.220. The second-order valence-electron chi connectivity index (χ2n) is 7.39. The Labute approximate surface area is 120 Å². The number of nitrogens with zero attached hydrogens (tertiary/aromatic N) is 2. The largest absolute Gasteiger partial charge is 0.311 e. The van der Waals surface area contributed by atoms with Crippen molar-refractivity contribution < 1.29 is 0 Å². The van der Waals surface area contributed by atoms with Gasteiger partial charge in [0.25, 0.3) is 0 Å². The maximum atomic E-state index is 3.73. The number of likely N-dealkylation sites (N-methyl/N-ethyl adjacent to an activating group) is 1. The quantitative estimate of drug-likeness (QED) is 0.799. The predicted molar refractivity (Wildman–Crippen MR) is 84.7 cm³/mol. The Bertz CT molecular complexity index is 245. The fourth-order valence-electron chi connectivity index (χ4n) is 2.71. The molecule has 0 unspecified atom stereocenters. The van der Waals surface area contributed by atoms with Crippen LogP contribution in [0.3, 0.4) is 0 Å². The van der Waals surface area contributed by atoms with Crippen molar-refractivity contribution in [2.45, 2.75) is 53.0 Å². The molecule has 0 radical (unpaired) electrons. The van der Waals surface area contributed by atoms with Crippen molar-refractivity contribution in [2.75, 3.05) is 46.3 Å². The summed E-state index contributed by atoms with van der Waals surface area (Å²) < 4.78 is 0. The highest BCUT2D eigenvalue weighted by atomic mass is 15.2. The van der Waals surface area contributed by atoms with E-state index in [1.54, 1.807) is 0 Å². The van der Waals surface area contributed by atoms with E-state index in [-0.39, 0.29) is 5.54 Å². The van der Waals surface area contributed by atoms with Crippen LogP contribution in [0.1, 0.15) is 47.5 Å². The highest BCUT2D eigenvalue weighted by Gasteiger charge is 2.30. The minimum absolute atomic E-state index is 0.220. The van der Waals surface area contributed by atoms with Gasteiger partial charge in [0.05, 0.1) is 0 Å². The lowest BCUT2D eigenvalue weighted by Gasteiger charge is -2.42. The fourth-order valence-corrected chi connectivity index (χ4v) is 2.71. The average Bonchev–Trinajstić information content (AvgIpc) is 2.36. The summed E-state index contributed by atoms with van der Waals surface area (Å²) in [6.45, 7) is 18.8. The zero-order chi connectivity index (χ0) is 14.5. The maximum Gasteiger partial charge on any atom is 0.0110 e. The van der Waals surface area contributed by atoms with Crippen LogP contribution in [0.15, 0.2) is 0 Å². The van der Waals surface area contributed by atoms with Crippen LogP contribution in [0.5, 0.6) is 0 Å². The molecule has 1 fully saturated rings. The predicted octanol–water partition coefficient (Wildman–Crippen LogP) is 2.43. The molecule has 114 valence electrons. The summed E-state index contributed by atoms with van der Waals surface area (Å²) in [5.74, 6) is 0. The Morgan fingerprint density at radius 1 is 0.947 bits per heavy atom. The van der Waals surface area contributed by atoms with Crippen molar-refractivity contribution in [1.29, 1.82) is 0 Å². The van der Waals surface area contributed by atoms with E-state index in [1.807, 2.05) is 0 Å². The molecule has 0 aliphatic carbocycles. The van der Waals surface area contributed by atoms with Gasteiger partial charge in [-0.3, -0.25) is 0 Å². The third kappa shape index (κ3) is 5.80. The van der Waals surface area contributed by atoms with E-state index in [0.29, 0.717) is 5.41 Å². The van der Waals surface area contributed by atoms with Gasteiger partial charge in [0.15, 0.2) is 0 Å². The highest BCUT2D eigenvalue weighted by Crippen LogP contribution is 2.28. The van der Waals surface area contributed by atoms with Gasteiger partial charge in [-0.2, -0.15) is 0 Å². The summed E-state index contributed by atoms with van der Waals surface area (Å²) in [6, 6.07) is 0. The van der Waals surface area contributed by atoms with E-state index in [4.69, 9.17) is 0 Å². The maximum absolute atomic E-state index is 3.73. The van der Waals surface area contributed by atoms with Crippen LogP contribution < -0.4 is 5.32 Å². The van der Waals surface area contributed by atoms with Crippen LogP contribution in [-0.4, -0.2) is 61.7 Å². The van der Waals surface area contributed by atoms with E-state index in [1.165, 1.54) is 45.6 Å². The second-order valence-corrected chi connectivity index (χ2v) is 7.39. The molecule has 0 bridgehead atoms.